The first-order valence-electron chi connectivity index (χ1n) is 6.11. The maximum absolute atomic E-state index is 3.48. The average Bonchev–Trinajstić information content (AvgIpc) is 2.27. The van der Waals surface area contributed by atoms with Crippen LogP contribution in [0.15, 0.2) is 29.2 Å². The van der Waals surface area contributed by atoms with Crippen molar-refractivity contribution < 1.29 is 0 Å². The molecule has 16 heavy (non-hydrogen) atoms. The van der Waals surface area contributed by atoms with Gasteiger partial charge in [0, 0.05) is 22.7 Å². The zero-order valence-electron chi connectivity index (χ0n) is 10.8. The molecule has 0 saturated heterocycles. The molecule has 1 aromatic carbocycles. The first-order valence-corrected chi connectivity index (χ1v) is 6.99. The first kappa shape index (κ1) is 13.6. The minimum Gasteiger partial charge on any atom is -0.310 e. The van der Waals surface area contributed by atoms with Crippen molar-refractivity contribution >= 4 is 11.8 Å². The SMILES string of the molecule is CCC(C)Sc1ccccc1CNC(C)C. The molecule has 0 aliphatic carbocycles. The summed E-state index contributed by atoms with van der Waals surface area (Å²) in [4.78, 5) is 1.42. The summed E-state index contributed by atoms with van der Waals surface area (Å²) in [5.41, 5.74) is 1.42. The van der Waals surface area contributed by atoms with Gasteiger partial charge in [-0.05, 0) is 18.1 Å². The lowest BCUT2D eigenvalue weighted by molar-refractivity contribution is 0.584. The van der Waals surface area contributed by atoms with Crippen LogP contribution < -0.4 is 5.32 Å². The largest absolute Gasteiger partial charge is 0.310 e. The van der Waals surface area contributed by atoms with Gasteiger partial charge in [0.2, 0.25) is 0 Å². The number of benzene rings is 1. The molecule has 1 unspecified atom stereocenters. The lowest BCUT2D eigenvalue weighted by atomic mass is 10.2. The van der Waals surface area contributed by atoms with Crippen LogP contribution in [0.3, 0.4) is 0 Å². The molecule has 0 aliphatic rings. The molecule has 0 bridgehead atoms. The molecular weight excluding hydrogens is 214 g/mol. The fourth-order valence-corrected chi connectivity index (χ4v) is 2.43. The smallest absolute Gasteiger partial charge is 0.0218 e. The van der Waals surface area contributed by atoms with E-state index in [2.05, 4.69) is 57.3 Å². The predicted molar refractivity (Wildman–Crippen MR) is 74.0 cm³/mol. The van der Waals surface area contributed by atoms with Crippen LogP contribution in [0.1, 0.15) is 39.7 Å². The Morgan fingerprint density at radius 2 is 1.88 bits per heavy atom. The van der Waals surface area contributed by atoms with Gasteiger partial charge in [0.15, 0.2) is 0 Å². The van der Waals surface area contributed by atoms with E-state index < -0.39 is 0 Å². The molecule has 1 aromatic rings. The van der Waals surface area contributed by atoms with Crippen molar-refractivity contribution in [3.05, 3.63) is 29.8 Å². The molecule has 0 saturated carbocycles. The van der Waals surface area contributed by atoms with E-state index in [0.29, 0.717) is 11.3 Å². The molecule has 0 fully saturated rings. The Kier molecular flexibility index (Phi) is 5.93. The summed E-state index contributed by atoms with van der Waals surface area (Å²) in [7, 11) is 0. The number of hydrogen-bond acceptors (Lipinski definition) is 2. The molecule has 0 radical (unpaired) electrons. The Morgan fingerprint density at radius 3 is 2.50 bits per heavy atom. The van der Waals surface area contributed by atoms with E-state index in [-0.39, 0.29) is 0 Å². The summed E-state index contributed by atoms with van der Waals surface area (Å²) in [6.45, 7) is 9.87. The van der Waals surface area contributed by atoms with Gasteiger partial charge in [0.25, 0.3) is 0 Å². The van der Waals surface area contributed by atoms with Crippen LogP contribution in [0.25, 0.3) is 0 Å². The van der Waals surface area contributed by atoms with Crippen LogP contribution in [0.2, 0.25) is 0 Å². The molecule has 0 spiro atoms. The Morgan fingerprint density at radius 1 is 1.19 bits per heavy atom. The van der Waals surface area contributed by atoms with Gasteiger partial charge in [0.1, 0.15) is 0 Å². The van der Waals surface area contributed by atoms with E-state index in [1.54, 1.807) is 0 Å². The summed E-state index contributed by atoms with van der Waals surface area (Å²) < 4.78 is 0. The van der Waals surface area contributed by atoms with Gasteiger partial charge in [-0.1, -0.05) is 45.9 Å². The molecule has 1 nitrogen and oxygen atoms in total. The normalized spacial score (nSPS) is 13.1. The highest BCUT2D eigenvalue weighted by Crippen LogP contribution is 2.28. The second kappa shape index (κ2) is 6.97. The van der Waals surface area contributed by atoms with Gasteiger partial charge in [-0.25, -0.2) is 0 Å². The highest BCUT2D eigenvalue weighted by atomic mass is 32.2. The Balaban J connectivity index is 2.67. The van der Waals surface area contributed by atoms with Gasteiger partial charge in [0.05, 0.1) is 0 Å². The molecule has 1 rings (SSSR count). The summed E-state index contributed by atoms with van der Waals surface area (Å²) >= 11 is 1.98. The van der Waals surface area contributed by atoms with Crippen LogP contribution in [0.5, 0.6) is 0 Å². The van der Waals surface area contributed by atoms with Crippen molar-refractivity contribution in [1.82, 2.24) is 5.32 Å². The predicted octanol–water partition coefficient (Wildman–Crippen LogP) is 4.08. The molecule has 2 heteroatoms. The topological polar surface area (TPSA) is 12.0 Å². The molecule has 90 valence electrons. The van der Waals surface area contributed by atoms with Crippen molar-refractivity contribution in [2.24, 2.45) is 0 Å². The third kappa shape index (κ3) is 4.58. The zero-order chi connectivity index (χ0) is 12.0. The molecule has 0 heterocycles. The van der Waals surface area contributed by atoms with Crippen molar-refractivity contribution in [1.29, 1.82) is 0 Å². The summed E-state index contributed by atoms with van der Waals surface area (Å²) in [5, 5.41) is 4.17. The lowest BCUT2D eigenvalue weighted by Gasteiger charge is -2.14. The Hall–Kier alpha value is -0.470. The van der Waals surface area contributed by atoms with Crippen LogP contribution in [0, 0.1) is 0 Å². The monoisotopic (exact) mass is 237 g/mol. The maximum Gasteiger partial charge on any atom is 0.0218 e. The zero-order valence-corrected chi connectivity index (χ0v) is 11.6. The van der Waals surface area contributed by atoms with Gasteiger partial charge < -0.3 is 5.32 Å². The minimum atomic E-state index is 0.543. The molecular formula is C14H23NS. The third-order valence-corrected chi connectivity index (χ3v) is 3.96. The lowest BCUT2D eigenvalue weighted by Crippen LogP contribution is -2.22. The van der Waals surface area contributed by atoms with E-state index in [1.807, 2.05) is 11.8 Å². The Bertz CT molecular complexity index is 309. The van der Waals surface area contributed by atoms with Gasteiger partial charge in [-0.2, -0.15) is 0 Å². The molecule has 0 aliphatic heterocycles. The second-order valence-corrected chi connectivity index (χ2v) is 5.96. The Labute approximate surface area is 104 Å². The van der Waals surface area contributed by atoms with Crippen molar-refractivity contribution in [2.75, 3.05) is 0 Å². The van der Waals surface area contributed by atoms with Crippen molar-refractivity contribution in [2.45, 2.75) is 56.8 Å². The third-order valence-electron chi connectivity index (χ3n) is 2.58. The summed E-state index contributed by atoms with van der Waals surface area (Å²) in [6, 6.07) is 9.25. The molecule has 0 amide bonds. The van der Waals surface area contributed by atoms with E-state index in [9.17, 15) is 0 Å². The first-order chi connectivity index (χ1) is 7.63. The number of nitrogens with one attached hydrogen (secondary N) is 1. The van der Waals surface area contributed by atoms with Gasteiger partial charge in [-0.3, -0.25) is 0 Å². The van der Waals surface area contributed by atoms with E-state index in [4.69, 9.17) is 0 Å². The van der Waals surface area contributed by atoms with E-state index in [0.717, 1.165) is 6.54 Å². The molecule has 1 N–H and O–H groups in total. The highest BCUT2D eigenvalue weighted by molar-refractivity contribution is 8.00. The summed E-state index contributed by atoms with van der Waals surface area (Å²) in [5.74, 6) is 0. The fourth-order valence-electron chi connectivity index (χ4n) is 1.38. The standard InChI is InChI=1S/C14H23NS/c1-5-12(4)16-14-9-7-6-8-13(14)10-15-11(2)3/h6-9,11-12,15H,5,10H2,1-4H3. The molecule has 0 aromatic heterocycles. The van der Waals surface area contributed by atoms with Crippen molar-refractivity contribution in [3.8, 4) is 0 Å². The second-order valence-electron chi connectivity index (χ2n) is 4.48. The molecule has 1 atom stereocenters. The number of thioether (sulfide) groups is 1. The van der Waals surface area contributed by atoms with Crippen LogP contribution in [-0.4, -0.2) is 11.3 Å². The quantitative estimate of drug-likeness (QED) is 0.748. The number of rotatable bonds is 6. The van der Waals surface area contributed by atoms with Gasteiger partial charge >= 0.3 is 0 Å². The fraction of sp³-hybridized carbons (Fsp3) is 0.571. The van der Waals surface area contributed by atoms with E-state index in [1.165, 1.54) is 16.9 Å². The van der Waals surface area contributed by atoms with Crippen molar-refractivity contribution in [3.63, 3.8) is 0 Å². The van der Waals surface area contributed by atoms with Crippen LogP contribution in [0.4, 0.5) is 0 Å². The summed E-state index contributed by atoms with van der Waals surface area (Å²) in [6.07, 6.45) is 1.22. The van der Waals surface area contributed by atoms with E-state index >= 15 is 0 Å². The maximum atomic E-state index is 3.48. The minimum absolute atomic E-state index is 0.543. The van der Waals surface area contributed by atoms with Gasteiger partial charge in [-0.15, -0.1) is 11.8 Å². The highest BCUT2D eigenvalue weighted by Gasteiger charge is 2.06. The average molecular weight is 237 g/mol. The van der Waals surface area contributed by atoms with Crippen LogP contribution >= 0.6 is 11.8 Å². The van der Waals surface area contributed by atoms with Crippen LogP contribution in [-0.2, 0) is 6.54 Å². The number of hydrogen-bond donors (Lipinski definition) is 1.